The van der Waals surface area contributed by atoms with Gasteiger partial charge in [0, 0.05) is 18.9 Å². The highest BCUT2D eigenvalue weighted by Gasteiger charge is 2.13. The van der Waals surface area contributed by atoms with Gasteiger partial charge >= 0.3 is 0 Å². The van der Waals surface area contributed by atoms with E-state index in [0.29, 0.717) is 0 Å². The molecule has 92 valence electrons. The van der Waals surface area contributed by atoms with Crippen molar-refractivity contribution in [2.45, 2.75) is 6.54 Å². The van der Waals surface area contributed by atoms with Crippen molar-refractivity contribution in [1.29, 1.82) is 0 Å². The molecule has 0 fully saturated rings. The lowest BCUT2D eigenvalue weighted by Crippen LogP contribution is -2.11. The SMILES string of the molecule is CNCc1c(-n2cc(Br)cn2)nc2ccccn12. The van der Waals surface area contributed by atoms with Gasteiger partial charge in [0.25, 0.3) is 0 Å². The molecule has 3 heterocycles. The molecular weight excluding hydrogens is 294 g/mol. The van der Waals surface area contributed by atoms with Crippen molar-refractivity contribution in [3.05, 3.63) is 47.0 Å². The Morgan fingerprint density at radius 2 is 2.28 bits per heavy atom. The second-order valence-electron chi connectivity index (χ2n) is 3.94. The Morgan fingerprint density at radius 1 is 1.39 bits per heavy atom. The first-order valence-electron chi connectivity index (χ1n) is 5.60. The minimum absolute atomic E-state index is 0.734. The minimum atomic E-state index is 0.734. The summed E-state index contributed by atoms with van der Waals surface area (Å²) in [7, 11) is 1.92. The highest BCUT2D eigenvalue weighted by atomic mass is 79.9. The summed E-state index contributed by atoms with van der Waals surface area (Å²) >= 11 is 3.40. The molecule has 3 aromatic rings. The molecule has 0 radical (unpaired) electrons. The summed E-state index contributed by atoms with van der Waals surface area (Å²) in [6.45, 7) is 0.734. The van der Waals surface area contributed by atoms with Crippen LogP contribution >= 0.6 is 15.9 Å². The van der Waals surface area contributed by atoms with Gasteiger partial charge in [-0.3, -0.25) is 0 Å². The molecule has 0 unspecified atom stereocenters. The van der Waals surface area contributed by atoms with Crippen LogP contribution < -0.4 is 5.32 Å². The van der Waals surface area contributed by atoms with E-state index in [2.05, 4.69) is 35.7 Å². The summed E-state index contributed by atoms with van der Waals surface area (Å²) in [5, 5.41) is 7.46. The number of imidazole rings is 1. The van der Waals surface area contributed by atoms with Crippen molar-refractivity contribution in [2.75, 3.05) is 7.05 Å². The number of fused-ring (bicyclic) bond motifs is 1. The first-order chi connectivity index (χ1) is 8.79. The second kappa shape index (κ2) is 4.55. The standard InChI is InChI=1S/C12H12BrN5/c1-14-7-10-12(18-8-9(13)6-15-18)16-11-4-2-3-5-17(10)11/h2-6,8,14H,7H2,1H3. The molecule has 0 saturated heterocycles. The lowest BCUT2D eigenvalue weighted by atomic mass is 10.4. The lowest BCUT2D eigenvalue weighted by molar-refractivity contribution is 0.754. The van der Waals surface area contributed by atoms with Crippen molar-refractivity contribution < 1.29 is 0 Å². The van der Waals surface area contributed by atoms with Crippen LogP contribution in [0.2, 0.25) is 0 Å². The molecule has 6 heteroatoms. The zero-order chi connectivity index (χ0) is 12.5. The van der Waals surface area contributed by atoms with Crippen LogP contribution in [0.3, 0.4) is 0 Å². The van der Waals surface area contributed by atoms with Gasteiger partial charge in [-0.1, -0.05) is 6.07 Å². The molecule has 0 aromatic carbocycles. The summed E-state index contributed by atoms with van der Waals surface area (Å²) in [6.07, 6.45) is 5.67. The molecule has 0 bridgehead atoms. The molecule has 0 amide bonds. The van der Waals surface area contributed by atoms with E-state index < -0.39 is 0 Å². The van der Waals surface area contributed by atoms with Gasteiger partial charge in [-0.25, -0.2) is 9.67 Å². The molecular formula is C12H12BrN5. The Labute approximate surface area is 113 Å². The fourth-order valence-corrected chi connectivity index (χ4v) is 2.25. The van der Waals surface area contributed by atoms with Crippen LogP contribution in [0.25, 0.3) is 11.5 Å². The van der Waals surface area contributed by atoms with Gasteiger partial charge in [0.05, 0.1) is 16.4 Å². The van der Waals surface area contributed by atoms with E-state index in [1.165, 1.54) is 0 Å². The van der Waals surface area contributed by atoms with Gasteiger partial charge in [0.15, 0.2) is 5.82 Å². The number of rotatable bonds is 3. The van der Waals surface area contributed by atoms with Gasteiger partial charge in [0.2, 0.25) is 0 Å². The monoisotopic (exact) mass is 305 g/mol. The Bertz CT molecular complexity index is 685. The average Bonchev–Trinajstić information content (AvgIpc) is 2.95. The van der Waals surface area contributed by atoms with Crippen molar-refractivity contribution in [3.8, 4) is 5.82 Å². The predicted octanol–water partition coefficient (Wildman–Crippen LogP) is 2.00. The van der Waals surface area contributed by atoms with Crippen molar-refractivity contribution in [2.24, 2.45) is 0 Å². The third kappa shape index (κ3) is 1.83. The Kier molecular flexibility index (Phi) is 2.89. The molecule has 0 saturated carbocycles. The molecule has 5 nitrogen and oxygen atoms in total. The third-order valence-electron chi connectivity index (χ3n) is 2.72. The topological polar surface area (TPSA) is 47.2 Å². The fraction of sp³-hybridized carbons (Fsp3) is 0.167. The second-order valence-corrected chi connectivity index (χ2v) is 4.86. The number of hydrogen-bond donors (Lipinski definition) is 1. The van der Waals surface area contributed by atoms with Crippen LogP contribution in [0.4, 0.5) is 0 Å². The van der Waals surface area contributed by atoms with Crippen molar-refractivity contribution in [1.82, 2.24) is 24.5 Å². The van der Waals surface area contributed by atoms with E-state index in [-0.39, 0.29) is 0 Å². The number of aromatic nitrogens is 4. The number of pyridine rings is 1. The number of nitrogens with one attached hydrogen (secondary N) is 1. The van der Waals surface area contributed by atoms with Gasteiger partial charge < -0.3 is 9.72 Å². The average molecular weight is 306 g/mol. The van der Waals surface area contributed by atoms with Gasteiger partial charge in [-0.2, -0.15) is 5.10 Å². The van der Waals surface area contributed by atoms with Crippen molar-refractivity contribution in [3.63, 3.8) is 0 Å². The molecule has 0 aliphatic rings. The zero-order valence-corrected chi connectivity index (χ0v) is 11.4. The van der Waals surface area contributed by atoms with Crippen LogP contribution in [0, 0.1) is 0 Å². The Hall–Kier alpha value is -1.66. The predicted molar refractivity (Wildman–Crippen MR) is 72.8 cm³/mol. The van der Waals surface area contributed by atoms with Crippen LogP contribution in [0.5, 0.6) is 0 Å². The normalized spacial score (nSPS) is 11.2. The maximum atomic E-state index is 4.62. The van der Waals surface area contributed by atoms with E-state index >= 15 is 0 Å². The number of nitrogens with zero attached hydrogens (tertiary/aromatic N) is 4. The van der Waals surface area contributed by atoms with Gasteiger partial charge in [-0.05, 0) is 35.1 Å². The molecule has 0 aliphatic heterocycles. The molecule has 3 rings (SSSR count). The molecule has 0 aliphatic carbocycles. The molecule has 1 N–H and O–H groups in total. The minimum Gasteiger partial charge on any atom is -0.314 e. The first kappa shape index (κ1) is 11.4. The maximum Gasteiger partial charge on any atom is 0.176 e. The molecule has 3 aromatic heterocycles. The third-order valence-corrected chi connectivity index (χ3v) is 3.13. The van der Waals surface area contributed by atoms with E-state index in [1.54, 1.807) is 10.9 Å². The van der Waals surface area contributed by atoms with E-state index in [4.69, 9.17) is 0 Å². The lowest BCUT2D eigenvalue weighted by Gasteiger charge is -2.03. The van der Waals surface area contributed by atoms with Crippen molar-refractivity contribution >= 4 is 21.6 Å². The Morgan fingerprint density at radius 3 is 3.00 bits per heavy atom. The van der Waals surface area contributed by atoms with Crippen LogP contribution in [-0.4, -0.2) is 26.2 Å². The van der Waals surface area contributed by atoms with Crippen LogP contribution in [0.1, 0.15) is 5.69 Å². The number of hydrogen-bond acceptors (Lipinski definition) is 3. The summed E-state index contributed by atoms with van der Waals surface area (Å²) in [5.74, 6) is 0.848. The summed E-state index contributed by atoms with van der Waals surface area (Å²) in [6, 6.07) is 5.96. The Balaban J connectivity index is 2.24. The van der Waals surface area contributed by atoms with E-state index in [9.17, 15) is 0 Å². The molecule has 0 atom stereocenters. The highest BCUT2D eigenvalue weighted by molar-refractivity contribution is 9.10. The zero-order valence-electron chi connectivity index (χ0n) is 9.84. The molecule has 0 spiro atoms. The van der Waals surface area contributed by atoms with Gasteiger partial charge in [0.1, 0.15) is 5.65 Å². The quantitative estimate of drug-likeness (QED) is 0.805. The maximum absolute atomic E-state index is 4.62. The molecule has 18 heavy (non-hydrogen) atoms. The summed E-state index contributed by atoms with van der Waals surface area (Å²) in [4.78, 5) is 4.62. The fourth-order valence-electron chi connectivity index (χ4n) is 1.97. The first-order valence-corrected chi connectivity index (χ1v) is 6.40. The largest absolute Gasteiger partial charge is 0.314 e. The smallest absolute Gasteiger partial charge is 0.176 e. The van der Waals surface area contributed by atoms with Gasteiger partial charge in [-0.15, -0.1) is 0 Å². The summed E-state index contributed by atoms with van der Waals surface area (Å²) in [5.41, 5.74) is 2.01. The summed E-state index contributed by atoms with van der Waals surface area (Å²) < 4.78 is 4.79. The number of halogens is 1. The van der Waals surface area contributed by atoms with E-state index in [1.807, 2.05) is 37.6 Å². The van der Waals surface area contributed by atoms with Crippen LogP contribution in [0.15, 0.2) is 41.3 Å². The van der Waals surface area contributed by atoms with Crippen LogP contribution in [-0.2, 0) is 6.54 Å². The highest BCUT2D eigenvalue weighted by Crippen LogP contribution is 2.18. The van der Waals surface area contributed by atoms with E-state index in [0.717, 1.165) is 28.2 Å².